The highest BCUT2D eigenvalue weighted by Crippen LogP contribution is 2.29. The second-order valence-electron chi connectivity index (χ2n) is 7.67. The molecule has 0 aromatic heterocycles. The summed E-state index contributed by atoms with van der Waals surface area (Å²) in [6.07, 6.45) is 0.346. The molecule has 1 heterocycles. The summed E-state index contributed by atoms with van der Waals surface area (Å²) in [5.41, 5.74) is 2.90. The van der Waals surface area contributed by atoms with Gasteiger partial charge in [-0.2, -0.15) is 0 Å². The van der Waals surface area contributed by atoms with Crippen molar-refractivity contribution in [2.24, 2.45) is 0 Å². The lowest BCUT2D eigenvalue weighted by molar-refractivity contribution is -0.0172. The van der Waals surface area contributed by atoms with Crippen LogP contribution in [0, 0.1) is 12.7 Å². The number of fused-ring (bicyclic) bond motifs is 1. The van der Waals surface area contributed by atoms with Crippen LogP contribution in [-0.4, -0.2) is 27.7 Å². The van der Waals surface area contributed by atoms with Crippen LogP contribution in [0.3, 0.4) is 0 Å². The fourth-order valence-electron chi connectivity index (χ4n) is 3.50. The number of rotatable bonds is 7. The number of sulfonamides is 1. The SMILES string of the molecule is Cc1ccc(NS(=O)(=O)c2cccc(C(=O)NCCc3cc(F)cc4c3OCOC4)c2)cc1. The van der Waals surface area contributed by atoms with Crippen molar-refractivity contribution in [3.05, 3.63) is 88.7 Å². The number of hydrogen-bond donors (Lipinski definition) is 2. The van der Waals surface area contributed by atoms with Crippen molar-refractivity contribution < 1.29 is 27.1 Å². The van der Waals surface area contributed by atoms with E-state index in [0.29, 0.717) is 29.0 Å². The van der Waals surface area contributed by atoms with Crippen molar-refractivity contribution >= 4 is 21.6 Å². The number of aryl methyl sites for hydroxylation is 1. The monoisotopic (exact) mass is 470 g/mol. The topological polar surface area (TPSA) is 93.7 Å². The lowest BCUT2D eigenvalue weighted by Gasteiger charge is -2.21. The van der Waals surface area contributed by atoms with E-state index in [1.54, 1.807) is 24.3 Å². The molecule has 3 aromatic rings. The molecule has 3 aromatic carbocycles. The van der Waals surface area contributed by atoms with E-state index in [1.165, 1.54) is 36.4 Å². The molecule has 0 atom stereocenters. The first-order chi connectivity index (χ1) is 15.8. The summed E-state index contributed by atoms with van der Waals surface area (Å²) in [6.45, 7) is 2.49. The number of carbonyl (C=O) groups is 1. The van der Waals surface area contributed by atoms with Gasteiger partial charge in [-0.15, -0.1) is 0 Å². The smallest absolute Gasteiger partial charge is 0.261 e. The number of ether oxygens (including phenoxy) is 2. The predicted octanol–water partition coefficient (Wildman–Crippen LogP) is 3.77. The van der Waals surface area contributed by atoms with Gasteiger partial charge in [-0.1, -0.05) is 23.8 Å². The van der Waals surface area contributed by atoms with Crippen LogP contribution in [0.5, 0.6) is 5.75 Å². The Morgan fingerprint density at radius 2 is 1.88 bits per heavy atom. The van der Waals surface area contributed by atoms with Crippen molar-refractivity contribution in [1.29, 1.82) is 0 Å². The van der Waals surface area contributed by atoms with Crippen LogP contribution >= 0.6 is 0 Å². The fraction of sp³-hybridized carbons (Fsp3) is 0.208. The van der Waals surface area contributed by atoms with E-state index in [2.05, 4.69) is 10.0 Å². The number of benzene rings is 3. The number of nitrogens with one attached hydrogen (secondary N) is 2. The zero-order chi connectivity index (χ0) is 23.4. The first kappa shape index (κ1) is 22.8. The summed E-state index contributed by atoms with van der Waals surface area (Å²) >= 11 is 0. The Labute approximate surface area is 191 Å². The van der Waals surface area contributed by atoms with E-state index < -0.39 is 21.7 Å². The quantitative estimate of drug-likeness (QED) is 0.548. The number of halogens is 1. The van der Waals surface area contributed by atoms with Gasteiger partial charge in [0.2, 0.25) is 0 Å². The molecule has 33 heavy (non-hydrogen) atoms. The summed E-state index contributed by atoms with van der Waals surface area (Å²) in [5.74, 6) is -0.257. The molecule has 172 valence electrons. The van der Waals surface area contributed by atoms with Gasteiger partial charge in [0, 0.05) is 23.4 Å². The van der Waals surface area contributed by atoms with Crippen LogP contribution in [0.25, 0.3) is 0 Å². The highest BCUT2D eigenvalue weighted by molar-refractivity contribution is 7.92. The standard InChI is InChI=1S/C24H23FN2O5S/c1-16-5-7-21(8-6-16)27-33(29,30)22-4-2-3-18(13-22)24(28)26-10-9-17-11-20(25)12-19-14-31-15-32-23(17)19/h2-8,11-13,27H,9-10,14-15H2,1H3,(H,26,28). The molecule has 0 saturated heterocycles. The molecular weight excluding hydrogens is 447 g/mol. The average Bonchev–Trinajstić information content (AvgIpc) is 2.80. The maximum absolute atomic E-state index is 13.9. The molecule has 0 fully saturated rings. The van der Waals surface area contributed by atoms with Crippen molar-refractivity contribution in [3.8, 4) is 5.75 Å². The largest absolute Gasteiger partial charge is 0.467 e. The number of carbonyl (C=O) groups excluding carboxylic acids is 1. The van der Waals surface area contributed by atoms with E-state index in [4.69, 9.17) is 9.47 Å². The van der Waals surface area contributed by atoms with Gasteiger partial charge in [-0.25, -0.2) is 12.8 Å². The first-order valence-electron chi connectivity index (χ1n) is 10.3. The summed E-state index contributed by atoms with van der Waals surface area (Å²) in [4.78, 5) is 12.6. The number of anilines is 1. The molecule has 0 spiro atoms. The minimum atomic E-state index is -3.86. The molecule has 1 aliphatic rings. The third-order valence-corrected chi connectivity index (χ3v) is 6.52. The highest BCUT2D eigenvalue weighted by atomic mass is 32.2. The maximum atomic E-state index is 13.9. The number of amides is 1. The van der Waals surface area contributed by atoms with E-state index in [0.717, 1.165) is 5.56 Å². The molecular formula is C24H23FN2O5S. The van der Waals surface area contributed by atoms with Gasteiger partial charge in [0.1, 0.15) is 11.6 Å². The van der Waals surface area contributed by atoms with Crippen molar-refractivity contribution in [1.82, 2.24) is 5.32 Å². The molecule has 1 aliphatic heterocycles. The third-order valence-electron chi connectivity index (χ3n) is 5.14. The Kier molecular flexibility index (Phi) is 6.62. The van der Waals surface area contributed by atoms with Gasteiger partial charge >= 0.3 is 0 Å². The Morgan fingerprint density at radius 1 is 1.09 bits per heavy atom. The van der Waals surface area contributed by atoms with E-state index >= 15 is 0 Å². The molecule has 0 radical (unpaired) electrons. The first-order valence-corrected chi connectivity index (χ1v) is 11.8. The Hall–Kier alpha value is -3.43. The molecule has 9 heteroatoms. The van der Waals surface area contributed by atoms with Crippen LogP contribution < -0.4 is 14.8 Å². The molecule has 0 saturated carbocycles. The Morgan fingerprint density at radius 3 is 2.67 bits per heavy atom. The van der Waals surface area contributed by atoms with Gasteiger partial charge in [-0.05, 0) is 61.4 Å². The van der Waals surface area contributed by atoms with E-state index in [1.807, 2.05) is 6.92 Å². The molecule has 1 amide bonds. The predicted molar refractivity (Wildman–Crippen MR) is 121 cm³/mol. The van der Waals surface area contributed by atoms with Crippen LogP contribution in [0.1, 0.15) is 27.0 Å². The second kappa shape index (κ2) is 9.60. The molecule has 0 aliphatic carbocycles. The summed E-state index contributed by atoms with van der Waals surface area (Å²) in [7, 11) is -3.86. The van der Waals surface area contributed by atoms with Gasteiger partial charge in [0.05, 0.1) is 11.5 Å². The average molecular weight is 471 g/mol. The zero-order valence-electron chi connectivity index (χ0n) is 17.9. The normalized spacial score (nSPS) is 13.0. The van der Waals surface area contributed by atoms with Crippen molar-refractivity contribution in [2.75, 3.05) is 18.1 Å². The Balaban J connectivity index is 1.42. The summed E-state index contributed by atoms with van der Waals surface area (Å²) in [5, 5.41) is 2.74. The van der Waals surface area contributed by atoms with Crippen LogP contribution in [-0.2, 0) is 27.8 Å². The molecule has 0 unspecified atom stereocenters. The van der Waals surface area contributed by atoms with Crippen LogP contribution in [0.2, 0.25) is 0 Å². The Bertz CT molecular complexity index is 1280. The lowest BCUT2D eigenvalue weighted by atomic mass is 10.1. The lowest BCUT2D eigenvalue weighted by Crippen LogP contribution is -2.26. The van der Waals surface area contributed by atoms with E-state index in [-0.39, 0.29) is 30.4 Å². The van der Waals surface area contributed by atoms with Gasteiger partial charge < -0.3 is 14.8 Å². The minimum Gasteiger partial charge on any atom is -0.467 e. The van der Waals surface area contributed by atoms with Crippen molar-refractivity contribution in [3.63, 3.8) is 0 Å². The van der Waals surface area contributed by atoms with Gasteiger partial charge in [0.25, 0.3) is 15.9 Å². The fourth-order valence-corrected chi connectivity index (χ4v) is 4.60. The summed E-state index contributed by atoms with van der Waals surface area (Å²) in [6, 6.07) is 15.5. The highest BCUT2D eigenvalue weighted by Gasteiger charge is 2.18. The summed E-state index contributed by atoms with van der Waals surface area (Å²) < 4.78 is 52.5. The molecule has 0 bridgehead atoms. The zero-order valence-corrected chi connectivity index (χ0v) is 18.7. The van der Waals surface area contributed by atoms with Gasteiger partial charge in [0.15, 0.2) is 6.79 Å². The van der Waals surface area contributed by atoms with Gasteiger partial charge in [-0.3, -0.25) is 9.52 Å². The maximum Gasteiger partial charge on any atom is 0.261 e. The van der Waals surface area contributed by atoms with Crippen LogP contribution in [0.4, 0.5) is 10.1 Å². The van der Waals surface area contributed by atoms with Crippen molar-refractivity contribution in [2.45, 2.75) is 24.8 Å². The minimum absolute atomic E-state index is 0.0247. The molecule has 7 nitrogen and oxygen atoms in total. The number of hydrogen-bond acceptors (Lipinski definition) is 5. The van der Waals surface area contributed by atoms with Crippen LogP contribution in [0.15, 0.2) is 65.6 Å². The molecule has 2 N–H and O–H groups in total. The third kappa shape index (κ3) is 5.50. The van der Waals surface area contributed by atoms with E-state index in [9.17, 15) is 17.6 Å². The second-order valence-corrected chi connectivity index (χ2v) is 9.35. The molecule has 4 rings (SSSR count).